The van der Waals surface area contributed by atoms with Gasteiger partial charge in [0.2, 0.25) is 5.88 Å². The highest BCUT2D eigenvalue weighted by Gasteiger charge is 2.26. The number of hydrogen-bond acceptors (Lipinski definition) is 7. The Morgan fingerprint density at radius 3 is 2.96 bits per heavy atom. The van der Waals surface area contributed by atoms with E-state index in [1.54, 1.807) is 18.6 Å². The SMILES string of the molecule is Cc1cnc2c(C(=O)Nc3cnccc3N3CC(C)CC(N)C3)c(N)oc2c1. The van der Waals surface area contributed by atoms with E-state index in [1.165, 1.54) is 0 Å². The second-order valence-corrected chi connectivity index (χ2v) is 7.55. The lowest BCUT2D eigenvalue weighted by Crippen LogP contribution is -2.46. The Balaban J connectivity index is 1.65. The number of aromatic nitrogens is 2. The molecule has 146 valence electrons. The maximum absolute atomic E-state index is 13.0. The first-order valence-corrected chi connectivity index (χ1v) is 9.33. The lowest BCUT2D eigenvalue weighted by Gasteiger charge is -2.37. The van der Waals surface area contributed by atoms with E-state index in [2.05, 4.69) is 27.1 Å². The topological polar surface area (TPSA) is 123 Å². The Morgan fingerprint density at radius 1 is 1.36 bits per heavy atom. The van der Waals surface area contributed by atoms with Gasteiger partial charge in [-0.1, -0.05) is 6.92 Å². The maximum atomic E-state index is 13.0. The first-order valence-electron chi connectivity index (χ1n) is 9.33. The molecular weight excluding hydrogens is 356 g/mol. The molecule has 4 heterocycles. The van der Waals surface area contributed by atoms with Crippen molar-refractivity contribution in [2.24, 2.45) is 11.7 Å². The number of nitrogens with zero attached hydrogens (tertiary/aromatic N) is 3. The fourth-order valence-corrected chi connectivity index (χ4v) is 3.85. The smallest absolute Gasteiger partial charge is 0.263 e. The van der Waals surface area contributed by atoms with Gasteiger partial charge in [0, 0.05) is 31.5 Å². The second-order valence-electron chi connectivity index (χ2n) is 7.55. The molecule has 0 bridgehead atoms. The maximum Gasteiger partial charge on any atom is 0.263 e. The van der Waals surface area contributed by atoms with Crippen LogP contribution in [0.4, 0.5) is 17.3 Å². The van der Waals surface area contributed by atoms with Crippen LogP contribution in [0.5, 0.6) is 0 Å². The van der Waals surface area contributed by atoms with Crippen molar-refractivity contribution in [3.8, 4) is 0 Å². The average Bonchev–Trinajstić information content (AvgIpc) is 2.96. The summed E-state index contributed by atoms with van der Waals surface area (Å²) in [6, 6.07) is 3.79. The minimum atomic E-state index is -0.379. The number of carbonyl (C=O) groups is 1. The Morgan fingerprint density at radius 2 is 2.18 bits per heavy atom. The van der Waals surface area contributed by atoms with Gasteiger partial charge in [-0.25, -0.2) is 0 Å². The summed E-state index contributed by atoms with van der Waals surface area (Å²) in [5.41, 5.74) is 15.7. The van der Waals surface area contributed by atoms with Gasteiger partial charge >= 0.3 is 0 Å². The third kappa shape index (κ3) is 3.38. The van der Waals surface area contributed by atoms with Crippen LogP contribution in [0, 0.1) is 12.8 Å². The van der Waals surface area contributed by atoms with Crippen molar-refractivity contribution in [3.05, 3.63) is 41.9 Å². The highest BCUT2D eigenvalue weighted by atomic mass is 16.3. The van der Waals surface area contributed by atoms with Crippen LogP contribution in [0.3, 0.4) is 0 Å². The third-order valence-corrected chi connectivity index (χ3v) is 5.00. The standard InChI is InChI=1S/C20H24N6O2/c1-11-6-16-18(24-7-11)17(19(22)28-16)20(27)25-14-8-23-4-3-15(14)26-9-12(2)5-13(21)10-26/h3-4,6-8,12-13H,5,9-10,21-22H2,1-2H3,(H,25,27). The first kappa shape index (κ1) is 18.2. The molecule has 4 rings (SSSR count). The van der Waals surface area contributed by atoms with E-state index in [4.69, 9.17) is 15.9 Å². The molecule has 1 amide bonds. The number of furan rings is 1. The molecule has 0 saturated carbocycles. The summed E-state index contributed by atoms with van der Waals surface area (Å²) in [4.78, 5) is 23.7. The van der Waals surface area contributed by atoms with Gasteiger partial charge in [0.15, 0.2) is 5.58 Å². The van der Waals surface area contributed by atoms with E-state index in [9.17, 15) is 4.79 Å². The van der Waals surface area contributed by atoms with Gasteiger partial charge < -0.3 is 26.1 Å². The summed E-state index contributed by atoms with van der Waals surface area (Å²) in [7, 11) is 0. The van der Waals surface area contributed by atoms with Crippen molar-refractivity contribution in [3.63, 3.8) is 0 Å². The minimum Gasteiger partial charge on any atom is -0.438 e. The van der Waals surface area contributed by atoms with Crippen LogP contribution < -0.4 is 21.7 Å². The molecule has 1 aliphatic heterocycles. The number of piperidine rings is 1. The number of nitrogen functional groups attached to an aromatic ring is 1. The van der Waals surface area contributed by atoms with Crippen LogP contribution in [-0.4, -0.2) is 35.0 Å². The molecule has 0 spiro atoms. The van der Waals surface area contributed by atoms with Gasteiger partial charge in [0.1, 0.15) is 11.1 Å². The van der Waals surface area contributed by atoms with Crippen molar-refractivity contribution in [1.29, 1.82) is 0 Å². The zero-order chi connectivity index (χ0) is 19.8. The van der Waals surface area contributed by atoms with Crippen LogP contribution in [0.1, 0.15) is 29.3 Å². The normalized spacial score (nSPS) is 19.8. The fraction of sp³-hybridized carbons (Fsp3) is 0.350. The molecule has 8 nitrogen and oxygen atoms in total. The molecule has 5 N–H and O–H groups in total. The molecular formula is C20H24N6O2. The minimum absolute atomic E-state index is 0.0460. The number of anilines is 3. The molecule has 0 aliphatic carbocycles. The molecule has 1 saturated heterocycles. The summed E-state index contributed by atoms with van der Waals surface area (Å²) in [6.07, 6.45) is 6.02. The lowest BCUT2D eigenvalue weighted by molar-refractivity contribution is 0.102. The monoisotopic (exact) mass is 380 g/mol. The number of nitrogens with one attached hydrogen (secondary N) is 1. The average molecular weight is 380 g/mol. The van der Waals surface area contributed by atoms with E-state index in [0.717, 1.165) is 30.8 Å². The summed E-state index contributed by atoms with van der Waals surface area (Å²) >= 11 is 0. The number of nitrogens with two attached hydrogens (primary N) is 2. The van der Waals surface area contributed by atoms with E-state index in [-0.39, 0.29) is 23.4 Å². The number of fused-ring (bicyclic) bond motifs is 1. The van der Waals surface area contributed by atoms with Crippen LogP contribution in [0.15, 0.2) is 35.1 Å². The summed E-state index contributed by atoms with van der Waals surface area (Å²) < 4.78 is 5.53. The van der Waals surface area contributed by atoms with Gasteiger partial charge in [-0.05, 0) is 37.0 Å². The van der Waals surface area contributed by atoms with Gasteiger partial charge in [-0.3, -0.25) is 14.8 Å². The number of rotatable bonds is 3. The number of aryl methyl sites for hydroxylation is 1. The van der Waals surface area contributed by atoms with Crippen LogP contribution in [-0.2, 0) is 0 Å². The summed E-state index contributed by atoms with van der Waals surface area (Å²) in [6.45, 7) is 5.68. The predicted octanol–water partition coefficient (Wildman–Crippen LogP) is 2.54. The molecule has 8 heteroatoms. The highest BCUT2D eigenvalue weighted by Crippen LogP contribution is 2.31. The Kier molecular flexibility index (Phi) is 4.64. The Labute approximate surface area is 162 Å². The zero-order valence-electron chi connectivity index (χ0n) is 16.0. The van der Waals surface area contributed by atoms with Crippen molar-refractivity contribution < 1.29 is 9.21 Å². The molecule has 1 fully saturated rings. The van der Waals surface area contributed by atoms with Gasteiger partial charge in [0.05, 0.1) is 17.6 Å². The molecule has 0 aromatic carbocycles. The Bertz CT molecular complexity index is 1020. The molecule has 2 atom stereocenters. The molecule has 3 aromatic heterocycles. The quantitative estimate of drug-likeness (QED) is 0.638. The van der Waals surface area contributed by atoms with Crippen LogP contribution in [0.2, 0.25) is 0 Å². The van der Waals surface area contributed by atoms with Crippen LogP contribution in [0.25, 0.3) is 11.1 Å². The van der Waals surface area contributed by atoms with Crippen molar-refractivity contribution in [2.45, 2.75) is 26.3 Å². The largest absolute Gasteiger partial charge is 0.438 e. The number of carbonyl (C=O) groups excluding carboxylic acids is 1. The van der Waals surface area contributed by atoms with E-state index in [0.29, 0.717) is 22.7 Å². The molecule has 2 unspecified atom stereocenters. The number of hydrogen-bond donors (Lipinski definition) is 3. The van der Waals surface area contributed by atoms with Gasteiger partial charge in [-0.2, -0.15) is 0 Å². The van der Waals surface area contributed by atoms with E-state index < -0.39 is 0 Å². The Hall–Kier alpha value is -3.13. The number of amides is 1. The lowest BCUT2D eigenvalue weighted by atomic mass is 9.96. The van der Waals surface area contributed by atoms with Crippen molar-refractivity contribution in [2.75, 3.05) is 29.0 Å². The van der Waals surface area contributed by atoms with Gasteiger partial charge in [0.25, 0.3) is 5.91 Å². The van der Waals surface area contributed by atoms with E-state index >= 15 is 0 Å². The predicted molar refractivity (Wildman–Crippen MR) is 109 cm³/mol. The zero-order valence-corrected chi connectivity index (χ0v) is 16.0. The van der Waals surface area contributed by atoms with Crippen LogP contribution >= 0.6 is 0 Å². The van der Waals surface area contributed by atoms with Crippen molar-refractivity contribution in [1.82, 2.24) is 9.97 Å². The van der Waals surface area contributed by atoms with E-state index in [1.807, 2.05) is 19.1 Å². The first-order chi connectivity index (χ1) is 13.4. The second kappa shape index (κ2) is 7.12. The third-order valence-electron chi connectivity index (χ3n) is 5.00. The summed E-state index contributed by atoms with van der Waals surface area (Å²) in [5, 5.41) is 2.92. The molecule has 0 radical (unpaired) electrons. The fourth-order valence-electron chi connectivity index (χ4n) is 3.85. The molecule has 28 heavy (non-hydrogen) atoms. The summed E-state index contributed by atoms with van der Waals surface area (Å²) in [5.74, 6) is 0.141. The highest BCUT2D eigenvalue weighted by molar-refractivity contribution is 6.15. The molecule has 3 aromatic rings. The molecule has 1 aliphatic rings. The van der Waals surface area contributed by atoms with Gasteiger partial charge in [-0.15, -0.1) is 0 Å². The number of pyridine rings is 2. The van der Waals surface area contributed by atoms with Crippen molar-refractivity contribution >= 4 is 34.3 Å².